The van der Waals surface area contributed by atoms with E-state index < -0.39 is 0 Å². The number of benzene rings is 1. The molecule has 148 valence electrons. The summed E-state index contributed by atoms with van der Waals surface area (Å²) in [6.45, 7) is 3.12. The molecule has 0 spiro atoms. The fourth-order valence-corrected chi connectivity index (χ4v) is 3.05. The molecule has 3 N–H and O–H groups in total. The minimum Gasteiger partial charge on any atom is -0.494 e. The number of hydrogen-bond acceptors (Lipinski definition) is 9. The summed E-state index contributed by atoms with van der Waals surface area (Å²) in [5.41, 5.74) is 8.22. The topological polar surface area (TPSA) is 127 Å². The van der Waals surface area contributed by atoms with Gasteiger partial charge in [-0.1, -0.05) is 0 Å². The molecule has 4 rings (SSSR count). The van der Waals surface area contributed by atoms with Gasteiger partial charge in [0.1, 0.15) is 11.8 Å². The van der Waals surface area contributed by atoms with Crippen molar-refractivity contribution in [2.75, 3.05) is 49.4 Å². The Labute approximate surface area is 167 Å². The van der Waals surface area contributed by atoms with Crippen molar-refractivity contribution in [3.8, 4) is 17.6 Å². The van der Waals surface area contributed by atoms with Crippen LogP contribution in [0.3, 0.4) is 0 Å². The largest absolute Gasteiger partial charge is 0.494 e. The van der Waals surface area contributed by atoms with Crippen LogP contribution < -0.4 is 20.7 Å². The Morgan fingerprint density at radius 3 is 2.76 bits per heavy atom. The Morgan fingerprint density at radius 1 is 1.24 bits per heavy atom. The van der Waals surface area contributed by atoms with Gasteiger partial charge in [-0.2, -0.15) is 14.9 Å². The first kappa shape index (κ1) is 18.5. The van der Waals surface area contributed by atoms with Crippen LogP contribution in [0.2, 0.25) is 0 Å². The molecule has 0 aliphatic carbocycles. The highest BCUT2D eigenvalue weighted by Gasteiger charge is 2.16. The molecule has 1 aliphatic heterocycles. The van der Waals surface area contributed by atoms with E-state index in [2.05, 4.69) is 25.3 Å². The maximum atomic E-state index is 8.89. The summed E-state index contributed by atoms with van der Waals surface area (Å²) in [5, 5.41) is 16.4. The zero-order valence-electron chi connectivity index (χ0n) is 15.9. The molecular formula is C19H20N8O2. The molecule has 2 aromatic heterocycles. The smallest absolute Gasteiger partial charge is 0.249 e. The van der Waals surface area contributed by atoms with Gasteiger partial charge in [-0.3, -0.25) is 0 Å². The summed E-state index contributed by atoms with van der Waals surface area (Å²) >= 11 is 0. The highest BCUT2D eigenvalue weighted by Crippen LogP contribution is 2.32. The standard InChI is InChI=1S/C19H20N8O2/c1-28-16-10-14(26-6-8-29-9-7-26)3-4-15(16)23-19-24-18(21)27(25-19)17-5-2-13(11-20)12-22-17/h2-5,10,12H,6-9H2,1H3,(H3,21,23,24,25). The molecule has 0 atom stereocenters. The van der Waals surface area contributed by atoms with Gasteiger partial charge < -0.3 is 25.4 Å². The van der Waals surface area contributed by atoms with Crippen LogP contribution in [0.25, 0.3) is 5.82 Å². The summed E-state index contributed by atoms with van der Waals surface area (Å²) in [6, 6.07) is 11.2. The Kier molecular flexibility index (Phi) is 5.13. The number of rotatable bonds is 5. The first-order valence-electron chi connectivity index (χ1n) is 9.05. The average Bonchev–Trinajstić information content (AvgIpc) is 3.14. The third-order valence-corrected chi connectivity index (χ3v) is 4.53. The second-order valence-corrected chi connectivity index (χ2v) is 6.33. The number of ether oxygens (including phenoxy) is 2. The van der Waals surface area contributed by atoms with Gasteiger partial charge in [-0.15, -0.1) is 5.10 Å². The lowest BCUT2D eigenvalue weighted by Crippen LogP contribution is -2.36. The summed E-state index contributed by atoms with van der Waals surface area (Å²) in [6.07, 6.45) is 1.46. The Morgan fingerprint density at radius 2 is 2.07 bits per heavy atom. The number of nitriles is 1. The lowest BCUT2D eigenvalue weighted by molar-refractivity contribution is 0.122. The molecule has 10 nitrogen and oxygen atoms in total. The minimum atomic E-state index is 0.175. The van der Waals surface area contributed by atoms with Gasteiger partial charge >= 0.3 is 0 Å². The third kappa shape index (κ3) is 3.90. The van der Waals surface area contributed by atoms with Crippen molar-refractivity contribution in [3.05, 3.63) is 42.1 Å². The average molecular weight is 392 g/mol. The first-order valence-corrected chi connectivity index (χ1v) is 9.05. The zero-order valence-corrected chi connectivity index (χ0v) is 15.9. The molecule has 3 aromatic rings. The van der Waals surface area contributed by atoms with E-state index in [1.807, 2.05) is 24.3 Å². The van der Waals surface area contributed by atoms with Crippen LogP contribution in [0.15, 0.2) is 36.5 Å². The number of nitrogen functional groups attached to an aromatic ring is 1. The van der Waals surface area contributed by atoms with E-state index >= 15 is 0 Å². The number of methoxy groups -OCH3 is 1. The van der Waals surface area contributed by atoms with Gasteiger partial charge in [-0.05, 0) is 24.3 Å². The fourth-order valence-electron chi connectivity index (χ4n) is 3.05. The van der Waals surface area contributed by atoms with Crippen LogP contribution >= 0.6 is 0 Å². The van der Waals surface area contributed by atoms with Crippen LogP contribution in [-0.4, -0.2) is 53.2 Å². The number of nitrogens with two attached hydrogens (primary N) is 1. The molecule has 0 radical (unpaired) electrons. The van der Waals surface area contributed by atoms with Gasteiger partial charge in [0.05, 0.1) is 31.6 Å². The van der Waals surface area contributed by atoms with E-state index in [-0.39, 0.29) is 5.95 Å². The summed E-state index contributed by atoms with van der Waals surface area (Å²) < 4.78 is 12.3. The monoisotopic (exact) mass is 392 g/mol. The number of aromatic nitrogens is 4. The van der Waals surface area contributed by atoms with Crippen molar-refractivity contribution in [3.63, 3.8) is 0 Å². The number of morpholine rings is 1. The van der Waals surface area contributed by atoms with E-state index in [0.29, 0.717) is 36.3 Å². The summed E-state index contributed by atoms with van der Waals surface area (Å²) in [4.78, 5) is 10.7. The molecule has 1 saturated heterocycles. The first-order chi connectivity index (χ1) is 14.2. The molecule has 1 fully saturated rings. The molecule has 1 aromatic carbocycles. The highest BCUT2D eigenvalue weighted by atomic mass is 16.5. The zero-order chi connectivity index (χ0) is 20.2. The van der Waals surface area contributed by atoms with Gasteiger partial charge in [0.15, 0.2) is 5.82 Å². The van der Waals surface area contributed by atoms with Crippen molar-refractivity contribution in [1.29, 1.82) is 5.26 Å². The summed E-state index contributed by atoms with van der Waals surface area (Å²) in [7, 11) is 1.62. The van der Waals surface area contributed by atoms with Crippen LogP contribution in [-0.2, 0) is 4.74 Å². The molecule has 0 unspecified atom stereocenters. The molecule has 0 saturated carbocycles. The normalized spacial score (nSPS) is 13.7. The lowest BCUT2D eigenvalue weighted by atomic mass is 10.2. The van der Waals surface area contributed by atoms with Crippen LogP contribution in [0.4, 0.5) is 23.3 Å². The molecule has 0 amide bonds. The number of hydrogen-bond donors (Lipinski definition) is 2. The van der Waals surface area contributed by atoms with Crippen molar-refractivity contribution < 1.29 is 9.47 Å². The van der Waals surface area contributed by atoms with E-state index in [9.17, 15) is 0 Å². The number of anilines is 4. The molecule has 1 aliphatic rings. The quantitative estimate of drug-likeness (QED) is 0.667. The van der Waals surface area contributed by atoms with Gasteiger partial charge in [0, 0.05) is 31.0 Å². The minimum absolute atomic E-state index is 0.175. The fraction of sp³-hybridized carbons (Fsp3) is 0.263. The molecule has 0 bridgehead atoms. The number of pyridine rings is 1. The van der Waals surface area contributed by atoms with E-state index in [1.54, 1.807) is 19.2 Å². The van der Waals surface area contributed by atoms with Crippen molar-refractivity contribution in [2.24, 2.45) is 0 Å². The molecule has 29 heavy (non-hydrogen) atoms. The Balaban J connectivity index is 1.56. The molecular weight excluding hydrogens is 372 g/mol. The predicted octanol–water partition coefficient (Wildman–Crippen LogP) is 1.70. The van der Waals surface area contributed by atoms with Crippen molar-refractivity contribution in [2.45, 2.75) is 0 Å². The van der Waals surface area contributed by atoms with Crippen molar-refractivity contribution in [1.82, 2.24) is 19.7 Å². The number of nitrogens with zero attached hydrogens (tertiary/aromatic N) is 6. The Bertz CT molecular complexity index is 1040. The van der Waals surface area contributed by atoms with E-state index in [0.717, 1.165) is 24.5 Å². The van der Waals surface area contributed by atoms with Crippen LogP contribution in [0, 0.1) is 11.3 Å². The lowest BCUT2D eigenvalue weighted by Gasteiger charge is -2.29. The third-order valence-electron chi connectivity index (χ3n) is 4.53. The number of nitrogens with one attached hydrogen (secondary N) is 1. The van der Waals surface area contributed by atoms with E-state index in [4.69, 9.17) is 20.5 Å². The maximum Gasteiger partial charge on any atom is 0.249 e. The highest BCUT2D eigenvalue weighted by molar-refractivity contribution is 5.68. The van der Waals surface area contributed by atoms with Gasteiger partial charge in [-0.25, -0.2) is 4.98 Å². The predicted molar refractivity (Wildman–Crippen MR) is 108 cm³/mol. The van der Waals surface area contributed by atoms with Crippen LogP contribution in [0.1, 0.15) is 5.56 Å². The molecule has 3 heterocycles. The van der Waals surface area contributed by atoms with Gasteiger partial charge in [0.25, 0.3) is 0 Å². The van der Waals surface area contributed by atoms with E-state index in [1.165, 1.54) is 10.9 Å². The summed E-state index contributed by atoms with van der Waals surface area (Å²) in [5.74, 6) is 1.62. The molecule has 10 heteroatoms. The van der Waals surface area contributed by atoms with Crippen molar-refractivity contribution >= 4 is 23.3 Å². The maximum absolute atomic E-state index is 8.89. The SMILES string of the molecule is COc1cc(N2CCOCC2)ccc1Nc1nc(N)n(-c2ccc(C#N)cn2)n1. The van der Waals surface area contributed by atoms with Gasteiger partial charge in [0.2, 0.25) is 11.9 Å². The second-order valence-electron chi connectivity index (χ2n) is 6.33. The van der Waals surface area contributed by atoms with Crippen LogP contribution in [0.5, 0.6) is 5.75 Å². The Hall–Kier alpha value is -3.84. The second kappa shape index (κ2) is 8.04.